The van der Waals surface area contributed by atoms with Crippen LogP contribution in [-0.2, 0) is 11.2 Å². The molecule has 72 valence electrons. The first kappa shape index (κ1) is 10.5. The highest BCUT2D eigenvalue weighted by molar-refractivity contribution is 7.10. The van der Waals surface area contributed by atoms with Gasteiger partial charge in [0.15, 0.2) is 0 Å². The SMILES string of the molecule is CCc1scc(C)c1NC(=O)CCl. The average Bonchev–Trinajstić information content (AvgIpc) is 2.48. The van der Waals surface area contributed by atoms with Crippen LogP contribution < -0.4 is 5.32 Å². The maximum atomic E-state index is 11.1. The van der Waals surface area contributed by atoms with Crippen molar-refractivity contribution in [2.45, 2.75) is 20.3 Å². The van der Waals surface area contributed by atoms with Crippen molar-refractivity contribution in [2.24, 2.45) is 0 Å². The molecule has 0 aliphatic carbocycles. The lowest BCUT2D eigenvalue weighted by Crippen LogP contribution is -2.13. The van der Waals surface area contributed by atoms with Crippen molar-refractivity contribution in [1.29, 1.82) is 0 Å². The predicted molar refractivity (Wildman–Crippen MR) is 57.8 cm³/mol. The molecule has 0 aliphatic heterocycles. The Morgan fingerprint density at radius 3 is 2.92 bits per heavy atom. The zero-order chi connectivity index (χ0) is 9.84. The second kappa shape index (κ2) is 4.63. The molecule has 4 heteroatoms. The quantitative estimate of drug-likeness (QED) is 0.776. The van der Waals surface area contributed by atoms with Crippen molar-refractivity contribution in [2.75, 3.05) is 11.2 Å². The van der Waals surface area contributed by atoms with Gasteiger partial charge in [-0.1, -0.05) is 6.92 Å². The number of thiophene rings is 1. The molecule has 0 unspecified atom stereocenters. The summed E-state index contributed by atoms with van der Waals surface area (Å²) in [5.74, 6) is -0.129. The molecule has 0 atom stereocenters. The van der Waals surface area contributed by atoms with Crippen LogP contribution >= 0.6 is 22.9 Å². The van der Waals surface area contributed by atoms with Crippen LogP contribution in [0, 0.1) is 6.92 Å². The monoisotopic (exact) mass is 217 g/mol. The summed E-state index contributed by atoms with van der Waals surface area (Å²) in [4.78, 5) is 12.3. The number of hydrogen-bond acceptors (Lipinski definition) is 2. The Labute approximate surface area is 86.9 Å². The molecule has 1 aromatic heterocycles. The van der Waals surface area contributed by atoms with Gasteiger partial charge in [-0.25, -0.2) is 0 Å². The van der Waals surface area contributed by atoms with Crippen molar-refractivity contribution in [3.8, 4) is 0 Å². The highest BCUT2D eigenvalue weighted by atomic mass is 35.5. The fourth-order valence-corrected chi connectivity index (χ4v) is 2.10. The number of nitrogens with one attached hydrogen (secondary N) is 1. The number of anilines is 1. The van der Waals surface area contributed by atoms with Crippen molar-refractivity contribution >= 4 is 34.5 Å². The third-order valence-electron chi connectivity index (χ3n) is 1.76. The van der Waals surface area contributed by atoms with Gasteiger partial charge in [-0.15, -0.1) is 22.9 Å². The first-order valence-electron chi connectivity index (χ1n) is 4.11. The number of hydrogen-bond donors (Lipinski definition) is 1. The van der Waals surface area contributed by atoms with Gasteiger partial charge in [0, 0.05) is 4.88 Å². The zero-order valence-electron chi connectivity index (χ0n) is 7.69. The van der Waals surface area contributed by atoms with Gasteiger partial charge in [0.25, 0.3) is 0 Å². The van der Waals surface area contributed by atoms with Gasteiger partial charge >= 0.3 is 0 Å². The lowest BCUT2D eigenvalue weighted by molar-refractivity contribution is -0.113. The Morgan fingerprint density at radius 1 is 1.69 bits per heavy atom. The van der Waals surface area contributed by atoms with Gasteiger partial charge in [0.1, 0.15) is 5.88 Å². The topological polar surface area (TPSA) is 29.1 Å². The summed E-state index contributed by atoms with van der Waals surface area (Å²) >= 11 is 7.08. The third kappa shape index (κ3) is 2.45. The van der Waals surface area contributed by atoms with E-state index in [0.717, 1.165) is 17.7 Å². The summed E-state index contributed by atoms with van der Waals surface area (Å²) in [5.41, 5.74) is 2.05. The van der Waals surface area contributed by atoms with Gasteiger partial charge in [-0.05, 0) is 24.3 Å². The number of alkyl halides is 1. The molecule has 1 aromatic rings. The van der Waals surface area contributed by atoms with Crippen LogP contribution in [0.2, 0.25) is 0 Å². The Hall–Kier alpha value is -0.540. The highest BCUT2D eigenvalue weighted by Crippen LogP contribution is 2.27. The van der Waals surface area contributed by atoms with Gasteiger partial charge in [-0.3, -0.25) is 4.79 Å². The fraction of sp³-hybridized carbons (Fsp3) is 0.444. The number of aryl methyl sites for hydroxylation is 2. The first-order valence-corrected chi connectivity index (χ1v) is 5.53. The molecule has 0 fully saturated rings. The molecule has 0 aromatic carbocycles. The Bertz CT molecular complexity index is 309. The van der Waals surface area contributed by atoms with E-state index in [0.29, 0.717) is 0 Å². The van der Waals surface area contributed by atoms with Crippen LogP contribution in [0.4, 0.5) is 5.69 Å². The molecular weight excluding hydrogens is 206 g/mol. The molecule has 0 bridgehead atoms. The number of carbonyl (C=O) groups excluding carboxylic acids is 1. The molecule has 0 aliphatic rings. The van der Waals surface area contributed by atoms with Crippen molar-refractivity contribution < 1.29 is 4.79 Å². The Balaban J connectivity index is 2.85. The molecule has 0 spiro atoms. The minimum absolute atomic E-state index is 0.0123. The van der Waals surface area contributed by atoms with Crippen LogP contribution in [0.25, 0.3) is 0 Å². The standard InChI is InChI=1S/C9H12ClNOS/c1-3-7-9(6(2)5-13-7)11-8(12)4-10/h5H,3-4H2,1-2H3,(H,11,12). The number of carbonyl (C=O) groups is 1. The number of amides is 1. The third-order valence-corrected chi connectivity index (χ3v) is 3.25. The lowest BCUT2D eigenvalue weighted by Gasteiger charge is -2.04. The van der Waals surface area contributed by atoms with Crippen LogP contribution in [0.3, 0.4) is 0 Å². The van der Waals surface area contributed by atoms with Crippen molar-refractivity contribution in [1.82, 2.24) is 0 Å². The second-order valence-corrected chi connectivity index (χ2v) is 3.98. The molecule has 0 saturated carbocycles. The Kier molecular flexibility index (Phi) is 3.75. The number of rotatable bonds is 3. The van der Waals surface area contributed by atoms with E-state index in [-0.39, 0.29) is 11.8 Å². The van der Waals surface area contributed by atoms with Crippen LogP contribution in [0.5, 0.6) is 0 Å². The van der Waals surface area contributed by atoms with Gasteiger partial charge in [0.2, 0.25) is 5.91 Å². The van der Waals surface area contributed by atoms with Crippen LogP contribution in [0.15, 0.2) is 5.38 Å². The van der Waals surface area contributed by atoms with Crippen LogP contribution in [0.1, 0.15) is 17.4 Å². The average molecular weight is 218 g/mol. The van der Waals surface area contributed by atoms with E-state index in [9.17, 15) is 4.79 Å². The lowest BCUT2D eigenvalue weighted by atomic mass is 10.2. The van der Waals surface area contributed by atoms with Gasteiger partial charge in [-0.2, -0.15) is 0 Å². The van der Waals surface area contributed by atoms with E-state index in [1.54, 1.807) is 11.3 Å². The fourth-order valence-electron chi connectivity index (χ4n) is 1.10. The van der Waals surface area contributed by atoms with Crippen molar-refractivity contribution in [3.05, 3.63) is 15.8 Å². The second-order valence-electron chi connectivity index (χ2n) is 2.75. The minimum atomic E-state index is -0.141. The molecular formula is C9H12ClNOS. The summed E-state index contributed by atoms with van der Waals surface area (Å²) in [6.45, 7) is 4.06. The van der Waals surface area contributed by atoms with Gasteiger partial charge in [0.05, 0.1) is 5.69 Å². The maximum absolute atomic E-state index is 11.1. The predicted octanol–water partition coefficient (Wildman–Crippen LogP) is 2.80. The molecule has 0 radical (unpaired) electrons. The summed E-state index contributed by atoms with van der Waals surface area (Å²) in [5, 5.41) is 4.84. The first-order chi connectivity index (χ1) is 6.19. The van der Waals surface area contributed by atoms with Crippen LogP contribution in [-0.4, -0.2) is 11.8 Å². The van der Waals surface area contributed by atoms with E-state index >= 15 is 0 Å². The summed E-state index contributed by atoms with van der Waals surface area (Å²) in [7, 11) is 0. The summed E-state index contributed by atoms with van der Waals surface area (Å²) in [6, 6.07) is 0. The van der Waals surface area contributed by atoms with E-state index < -0.39 is 0 Å². The number of halogens is 1. The molecule has 1 rings (SSSR count). The van der Waals surface area contributed by atoms with E-state index in [1.165, 1.54) is 4.88 Å². The highest BCUT2D eigenvalue weighted by Gasteiger charge is 2.09. The molecule has 1 N–H and O–H groups in total. The summed E-state index contributed by atoms with van der Waals surface area (Å²) < 4.78 is 0. The molecule has 2 nitrogen and oxygen atoms in total. The van der Waals surface area contributed by atoms with Crippen molar-refractivity contribution in [3.63, 3.8) is 0 Å². The maximum Gasteiger partial charge on any atom is 0.239 e. The molecule has 0 saturated heterocycles. The smallest absolute Gasteiger partial charge is 0.239 e. The molecule has 13 heavy (non-hydrogen) atoms. The molecule has 1 amide bonds. The van der Waals surface area contributed by atoms with E-state index in [1.807, 2.05) is 12.3 Å². The van der Waals surface area contributed by atoms with Gasteiger partial charge < -0.3 is 5.32 Å². The normalized spacial score (nSPS) is 10.1. The minimum Gasteiger partial charge on any atom is -0.324 e. The largest absolute Gasteiger partial charge is 0.324 e. The summed E-state index contributed by atoms with van der Waals surface area (Å²) in [6.07, 6.45) is 0.941. The van der Waals surface area contributed by atoms with E-state index in [4.69, 9.17) is 11.6 Å². The zero-order valence-corrected chi connectivity index (χ0v) is 9.26. The Morgan fingerprint density at radius 2 is 2.38 bits per heavy atom. The molecule has 1 heterocycles. The van der Waals surface area contributed by atoms with E-state index in [2.05, 4.69) is 12.2 Å².